The normalized spacial score (nSPS) is 33.4. The molecule has 31 heavy (non-hydrogen) atoms. The third kappa shape index (κ3) is 2.85. The van der Waals surface area contributed by atoms with Gasteiger partial charge in [-0.05, 0) is 30.0 Å². The van der Waals surface area contributed by atoms with Crippen LogP contribution in [0, 0.1) is 11.8 Å². The van der Waals surface area contributed by atoms with Gasteiger partial charge in [-0.2, -0.15) is 0 Å². The lowest BCUT2D eigenvalue weighted by Gasteiger charge is -2.31. The summed E-state index contributed by atoms with van der Waals surface area (Å²) in [5, 5.41) is 0. The van der Waals surface area contributed by atoms with Crippen molar-refractivity contribution in [2.75, 3.05) is 13.1 Å². The highest BCUT2D eigenvalue weighted by molar-refractivity contribution is 5.93. The first-order valence-electron chi connectivity index (χ1n) is 11.1. The molecule has 4 aliphatic rings. The van der Waals surface area contributed by atoms with E-state index in [1.54, 1.807) is 12.4 Å². The Kier molecular flexibility index (Phi) is 4.25. The molecule has 2 aromatic rings. The predicted octanol–water partition coefficient (Wildman–Crippen LogP) is 2.73. The Morgan fingerprint density at radius 2 is 2.06 bits per heavy atom. The van der Waals surface area contributed by atoms with Crippen LogP contribution in [0.2, 0.25) is 0 Å². The molecule has 5 heterocycles. The molecule has 6 rings (SSSR count). The van der Waals surface area contributed by atoms with E-state index in [1.807, 2.05) is 52.3 Å². The molecular weight excluding hydrogens is 390 g/mol. The smallest absolute Gasteiger partial charge is 0.230 e. The molecule has 1 aromatic heterocycles. The summed E-state index contributed by atoms with van der Waals surface area (Å²) in [6.07, 6.45) is 9.16. The highest BCUT2D eigenvalue weighted by atomic mass is 16.5. The minimum absolute atomic E-state index is 0.0181. The van der Waals surface area contributed by atoms with Crippen LogP contribution < -0.4 is 0 Å². The van der Waals surface area contributed by atoms with Gasteiger partial charge in [0.25, 0.3) is 0 Å². The molecule has 0 radical (unpaired) electrons. The van der Waals surface area contributed by atoms with E-state index < -0.39 is 17.4 Å². The zero-order valence-electron chi connectivity index (χ0n) is 17.3. The summed E-state index contributed by atoms with van der Waals surface area (Å²) in [5.41, 5.74) is 1.47. The number of aromatic nitrogens is 1. The maximum absolute atomic E-state index is 13.8. The van der Waals surface area contributed by atoms with Gasteiger partial charge in [-0.15, -0.1) is 0 Å². The van der Waals surface area contributed by atoms with Crippen LogP contribution in [-0.2, 0) is 20.9 Å². The molecule has 3 fully saturated rings. The van der Waals surface area contributed by atoms with E-state index in [2.05, 4.69) is 17.1 Å². The van der Waals surface area contributed by atoms with Gasteiger partial charge in [0.2, 0.25) is 11.8 Å². The molecule has 2 amide bonds. The van der Waals surface area contributed by atoms with Crippen LogP contribution in [0.1, 0.15) is 30.0 Å². The SMILES string of the molecule is O=C1C2C(C(=O)N3CCCC3c3ccccc3)[C@@H]3C=C[C@@]2(CN1Cc1cccnc1)O3. The fourth-order valence-electron chi connectivity index (χ4n) is 5.95. The maximum atomic E-state index is 13.8. The van der Waals surface area contributed by atoms with E-state index in [1.165, 1.54) is 5.56 Å². The number of hydrogen-bond acceptors (Lipinski definition) is 4. The van der Waals surface area contributed by atoms with Gasteiger partial charge in [0.05, 0.1) is 30.5 Å². The lowest BCUT2D eigenvalue weighted by Crippen LogP contribution is -2.45. The van der Waals surface area contributed by atoms with Crippen molar-refractivity contribution in [3.05, 3.63) is 78.1 Å². The van der Waals surface area contributed by atoms with E-state index in [0.29, 0.717) is 13.1 Å². The second-order valence-electron chi connectivity index (χ2n) is 9.06. The summed E-state index contributed by atoms with van der Waals surface area (Å²) >= 11 is 0. The lowest BCUT2D eigenvalue weighted by atomic mass is 9.76. The highest BCUT2D eigenvalue weighted by Gasteiger charge is 2.67. The molecular formula is C25H25N3O3. The Labute approximate surface area is 181 Å². The summed E-state index contributed by atoms with van der Waals surface area (Å²) in [6.45, 7) is 1.72. The molecule has 5 atom stereocenters. The molecule has 3 saturated heterocycles. The van der Waals surface area contributed by atoms with Crippen molar-refractivity contribution in [3.63, 3.8) is 0 Å². The molecule has 2 bridgehead atoms. The van der Waals surface area contributed by atoms with E-state index in [0.717, 1.165) is 24.9 Å². The molecule has 4 aliphatic heterocycles. The number of ether oxygens (including phenoxy) is 1. The molecule has 0 saturated carbocycles. The first kappa shape index (κ1) is 18.8. The monoisotopic (exact) mass is 415 g/mol. The Bertz CT molecular complexity index is 1040. The molecule has 1 spiro atoms. The van der Waals surface area contributed by atoms with Gasteiger partial charge in [-0.1, -0.05) is 48.6 Å². The number of carbonyl (C=O) groups is 2. The molecule has 6 nitrogen and oxygen atoms in total. The second-order valence-corrected chi connectivity index (χ2v) is 9.06. The van der Waals surface area contributed by atoms with Crippen molar-refractivity contribution in [1.29, 1.82) is 0 Å². The molecule has 3 unspecified atom stereocenters. The van der Waals surface area contributed by atoms with E-state index in [4.69, 9.17) is 4.74 Å². The Hall–Kier alpha value is -2.99. The van der Waals surface area contributed by atoms with Gasteiger partial charge in [0.1, 0.15) is 5.60 Å². The lowest BCUT2D eigenvalue weighted by molar-refractivity contribution is -0.144. The highest BCUT2D eigenvalue weighted by Crippen LogP contribution is 2.53. The number of carbonyl (C=O) groups excluding carboxylic acids is 2. The number of hydrogen-bond donors (Lipinski definition) is 0. The number of fused-ring (bicyclic) bond motifs is 1. The minimum atomic E-state index is -0.674. The van der Waals surface area contributed by atoms with E-state index in [-0.39, 0.29) is 24.0 Å². The van der Waals surface area contributed by atoms with Crippen molar-refractivity contribution in [2.45, 2.75) is 37.1 Å². The maximum Gasteiger partial charge on any atom is 0.230 e. The third-order valence-corrected chi connectivity index (χ3v) is 7.28. The number of amides is 2. The zero-order valence-corrected chi connectivity index (χ0v) is 17.3. The average molecular weight is 415 g/mol. The minimum Gasteiger partial charge on any atom is -0.360 e. The first-order chi connectivity index (χ1) is 15.2. The van der Waals surface area contributed by atoms with Crippen LogP contribution in [0.15, 0.2) is 67.0 Å². The number of rotatable bonds is 4. The topological polar surface area (TPSA) is 62.7 Å². The summed E-state index contributed by atoms with van der Waals surface area (Å²) in [7, 11) is 0. The van der Waals surface area contributed by atoms with Crippen molar-refractivity contribution < 1.29 is 14.3 Å². The number of benzene rings is 1. The molecule has 158 valence electrons. The van der Waals surface area contributed by atoms with Crippen LogP contribution in [0.3, 0.4) is 0 Å². The fourth-order valence-corrected chi connectivity index (χ4v) is 5.95. The van der Waals surface area contributed by atoms with E-state index in [9.17, 15) is 9.59 Å². The molecule has 6 heteroatoms. The fraction of sp³-hybridized carbons (Fsp3) is 0.400. The summed E-state index contributed by atoms with van der Waals surface area (Å²) in [4.78, 5) is 35.3. The molecule has 1 aromatic carbocycles. The van der Waals surface area contributed by atoms with Gasteiger partial charge in [-0.25, -0.2) is 0 Å². The van der Waals surface area contributed by atoms with Gasteiger partial charge in [0.15, 0.2) is 0 Å². The average Bonchev–Trinajstić information content (AvgIpc) is 3.56. The summed E-state index contributed by atoms with van der Waals surface area (Å²) in [6, 6.07) is 14.1. The standard InChI is InChI=1S/C25H25N3O3/c29-23(28-13-5-9-19(28)18-7-2-1-3-8-18)21-20-10-11-25(31-20)16-27(24(30)22(21)25)15-17-6-4-12-26-14-17/h1-4,6-8,10-12,14,19-22H,5,9,13,15-16H2/t19?,20-,21?,22?,25-/m0/s1. The van der Waals surface area contributed by atoms with Crippen LogP contribution in [0.4, 0.5) is 0 Å². The first-order valence-corrected chi connectivity index (χ1v) is 11.1. The van der Waals surface area contributed by atoms with Crippen LogP contribution in [-0.4, -0.2) is 51.4 Å². The number of likely N-dealkylation sites (tertiary alicyclic amines) is 2. The van der Waals surface area contributed by atoms with Crippen molar-refractivity contribution in [1.82, 2.24) is 14.8 Å². The second kappa shape index (κ2) is 7.02. The van der Waals surface area contributed by atoms with E-state index >= 15 is 0 Å². The Morgan fingerprint density at radius 3 is 2.87 bits per heavy atom. The van der Waals surface area contributed by atoms with Crippen molar-refractivity contribution in [2.24, 2.45) is 11.8 Å². The quantitative estimate of drug-likeness (QED) is 0.721. The van der Waals surface area contributed by atoms with Gasteiger partial charge in [-0.3, -0.25) is 14.6 Å². The van der Waals surface area contributed by atoms with Crippen molar-refractivity contribution >= 4 is 11.8 Å². The third-order valence-electron chi connectivity index (χ3n) is 7.28. The van der Waals surface area contributed by atoms with Gasteiger partial charge >= 0.3 is 0 Å². The molecule has 0 aliphatic carbocycles. The van der Waals surface area contributed by atoms with Crippen LogP contribution in [0.5, 0.6) is 0 Å². The Morgan fingerprint density at radius 1 is 1.19 bits per heavy atom. The summed E-state index contributed by atoms with van der Waals surface area (Å²) < 4.78 is 6.32. The molecule has 0 N–H and O–H groups in total. The Balaban J connectivity index is 1.27. The van der Waals surface area contributed by atoms with Crippen molar-refractivity contribution in [3.8, 4) is 0 Å². The summed E-state index contributed by atoms with van der Waals surface area (Å²) in [5.74, 6) is -0.807. The zero-order chi connectivity index (χ0) is 21.0. The van der Waals surface area contributed by atoms with Crippen LogP contribution in [0.25, 0.3) is 0 Å². The number of nitrogens with zero attached hydrogens (tertiary/aromatic N) is 3. The van der Waals surface area contributed by atoms with Gasteiger partial charge < -0.3 is 14.5 Å². The predicted molar refractivity (Wildman–Crippen MR) is 114 cm³/mol. The van der Waals surface area contributed by atoms with Crippen LogP contribution >= 0.6 is 0 Å². The van der Waals surface area contributed by atoms with Gasteiger partial charge in [0, 0.05) is 25.5 Å². The largest absolute Gasteiger partial charge is 0.360 e. The number of pyridine rings is 1.